The lowest BCUT2D eigenvalue weighted by Crippen LogP contribution is -2.28. The van der Waals surface area contributed by atoms with Crippen molar-refractivity contribution in [3.8, 4) is 5.75 Å². The molecule has 1 aliphatic carbocycles. The summed E-state index contributed by atoms with van der Waals surface area (Å²) in [6.07, 6.45) is 8.30. The molecule has 112 valence electrons. The summed E-state index contributed by atoms with van der Waals surface area (Å²) in [6.45, 7) is 2.81. The van der Waals surface area contributed by atoms with Gasteiger partial charge in [0, 0.05) is 11.3 Å². The second kappa shape index (κ2) is 7.67. The van der Waals surface area contributed by atoms with Crippen molar-refractivity contribution >= 4 is 23.1 Å². The molecule has 20 heavy (non-hydrogen) atoms. The summed E-state index contributed by atoms with van der Waals surface area (Å²) >= 11 is 1.98. The Labute approximate surface area is 126 Å². The molecular weight excluding hydrogens is 268 g/mol. The highest BCUT2D eigenvalue weighted by Crippen LogP contribution is 2.33. The quantitative estimate of drug-likeness (QED) is 0.774. The summed E-state index contributed by atoms with van der Waals surface area (Å²) in [7, 11) is 0. The Kier molecular flexibility index (Phi) is 5.89. The van der Waals surface area contributed by atoms with Crippen molar-refractivity contribution in [1.29, 1.82) is 0 Å². The lowest BCUT2D eigenvalue weighted by atomic mass is 9.94. The number of nitrogen functional groups attached to an aromatic ring is 1. The summed E-state index contributed by atoms with van der Waals surface area (Å²) in [4.78, 5) is 0. The van der Waals surface area contributed by atoms with Gasteiger partial charge in [-0.25, -0.2) is 0 Å². The van der Waals surface area contributed by atoms with Gasteiger partial charge in [0.15, 0.2) is 0 Å². The largest absolute Gasteiger partial charge is 0.491 e. The molecule has 0 aliphatic heterocycles. The molecule has 0 heterocycles. The first-order chi connectivity index (χ1) is 9.74. The molecule has 1 aliphatic rings. The molecular formula is C16H26N2OS. The van der Waals surface area contributed by atoms with Gasteiger partial charge in [0.1, 0.15) is 5.75 Å². The van der Waals surface area contributed by atoms with Crippen LogP contribution in [0.15, 0.2) is 18.2 Å². The number of nitrogens with two attached hydrogens (primary N) is 1. The third-order valence-corrected chi connectivity index (χ3v) is 4.94. The molecule has 4 heteroatoms. The van der Waals surface area contributed by atoms with Gasteiger partial charge in [0.2, 0.25) is 0 Å². The Morgan fingerprint density at radius 2 is 2.25 bits per heavy atom. The van der Waals surface area contributed by atoms with E-state index in [4.69, 9.17) is 10.5 Å². The van der Waals surface area contributed by atoms with Crippen molar-refractivity contribution in [1.82, 2.24) is 0 Å². The predicted molar refractivity (Wildman–Crippen MR) is 89.8 cm³/mol. The molecule has 2 rings (SSSR count). The lowest BCUT2D eigenvalue weighted by molar-refractivity contribution is 0.319. The maximum absolute atomic E-state index is 6.22. The van der Waals surface area contributed by atoms with Gasteiger partial charge in [0.05, 0.1) is 18.0 Å². The number of nitrogens with one attached hydrogen (secondary N) is 1. The minimum absolute atomic E-state index is 0.532. The highest BCUT2D eigenvalue weighted by atomic mass is 32.2. The van der Waals surface area contributed by atoms with E-state index in [0.29, 0.717) is 12.6 Å². The summed E-state index contributed by atoms with van der Waals surface area (Å²) in [5.74, 6) is 0.800. The number of ether oxygens (including phenoxy) is 1. The first-order valence-electron chi connectivity index (χ1n) is 7.55. The average molecular weight is 294 g/mol. The van der Waals surface area contributed by atoms with Gasteiger partial charge >= 0.3 is 0 Å². The molecule has 1 aromatic carbocycles. The molecule has 3 N–H and O–H groups in total. The average Bonchev–Trinajstić information content (AvgIpc) is 2.48. The van der Waals surface area contributed by atoms with Crippen LogP contribution in [0.3, 0.4) is 0 Å². The number of hydrogen-bond donors (Lipinski definition) is 2. The summed E-state index contributed by atoms with van der Waals surface area (Å²) in [6, 6.07) is 6.54. The summed E-state index contributed by atoms with van der Waals surface area (Å²) < 4.78 is 5.69. The van der Waals surface area contributed by atoms with Crippen molar-refractivity contribution in [2.75, 3.05) is 23.9 Å². The maximum Gasteiger partial charge on any atom is 0.144 e. The van der Waals surface area contributed by atoms with E-state index in [1.807, 2.05) is 23.9 Å². The van der Waals surface area contributed by atoms with Crippen LogP contribution < -0.4 is 15.8 Å². The van der Waals surface area contributed by atoms with Crippen LogP contribution in [0.1, 0.15) is 39.0 Å². The Balaban J connectivity index is 2.01. The monoisotopic (exact) mass is 294 g/mol. The van der Waals surface area contributed by atoms with E-state index < -0.39 is 0 Å². The lowest BCUT2D eigenvalue weighted by Gasteiger charge is -2.30. The number of anilines is 2. The first-order valence-corrected chi connectivity index (χ1v) is 8.84. The minimum atomic E-state index is 0.532. The topological polar surface area (TPSA) is 47.3 Å². The van der Waals surface area contributed by atoms with Crippen molar-refractivity contribution in [2.45, 2.75) is 50.3 Å². The molecule has 1 fully saturated rings. The number of benzene rings is 1. The van der Waals surface area contributed by atoms with Crippen LogP contribution in [-0.4, -0.2) is 24.2 Å². The smallest absolute Gasteiger partial charge is 0.144 e. The molecule has 0 radical (unpaired) electrons. The molecule has 0 bridgehead atoms. The van der Waals surface area contributed by atoms with Gasteiger partial charge in [-0.05, 0) is 44.1 Å². The number of para-hydroxylation sites is 1. The van der Waals surface area contributed by atoms with Gasteiger partial charge in [-0.15, -0.1) is 0 Å². The maximum atomic E-state index is 6.22. The van der Waals surface area contributed by atoms with Crippen molar-refractivity contribution in [2.24, 2.45) is 0 Å². The van der Waals surface area contributed by atoms with E-state index in [0.717, 1.165) is 28.8 Å². The third kappa shape index (κ3) is 3.98. The Bertz CT molecular complexity index is 425. The molecule has 1 saturated carbocycles. The zero-order chi connectivity index (χ0) is 14.4. The SMILES string of the molecule is CCCOc1cccc(NC2CCCC(SC)C2)c1N. The molecule has 1 aromatic rings. The highest BCUT2D eigenvalue weighted by Gasteiger charge is 2.21. The van der Waals surface area contributed by atoms with Gasteiger partial charge < -0.3 is 15.8 Å². The van der Waals surface area contributed by atoms with Gasteiger partial charge in [-0.2, -0.15) is 11.8 Å². The zero-order valence-corrected chi connectivity index (χ0v) is 13.3. The fraction of sp³-hybridized carbons (Fsp3) is 0.625. The molecule has 2 atom stereocenters. The van der Waals surface area contributed by atoms with Crippen molar-refractivity contribution in [3.05, 3.63) is 18.2 Å². The molecule has 0 amide bonds. The number of hydrogen-bond acceptors (Lipinski definition) is 4. The Hall–Kier alpha value is -1.03. The van der Waals surface area contributed by atoms with E-state index in [-0.39, 0.29) is 0 Å². The van der Waals surface area contributed by atoms with E-state index in [2.05, 4.69) is 24.6 Å². The van der Waals surface area contributed by atoms with Crippen molar-refractivity contribution < 1.29 is 4.74 Å². The highest BCUT2D eigenvalue weighted by molar-refractivity contribution is 7.99. The summed E-state index contributed by atoms with van der Waals surface area (Å²) in [5.41, 5.74) is 7.98. The fourth-order valence-electron chi connectivity index (χ4n) is 2.72. The van der Waals surface area contributed by atoms with Crippen molar-refractivity contribution in [3.63, 3.8) is 0 Å². The van der Waals surface area contributed by atoms with Crippen LogP contribution in [0, 0.1) is 0 Å². The fourth-order valence-corrected chi connectivity index (χ4v) is 3.54. The molecule has 0 saturated heterocycles. The zero-order valence-electron chi connectivity index (χ0n) is 12.5. The minimum Gasteiger partial charge on any atom is -0.491 e. The first kappa shape index (κ1) is 15.4. The van der Waals surface area contributed by atoms with Gasteiger partial charge in [-0.3, -0.25) is 0 Å². The van der Waals surface area contributed by atoms with E-state index in [9.17, 15) is 0 Å². The van der Waals surface area contributed by atoms with Crippen LogP contribution in [0.25, 0.3) is 0 Å². The Morgan fingerprint density at radius 1 is 1.40 bits per heavy atom. The predicted octanol–water partition coefficient (Wildman–Crippen LogP) is 4.14. The molecule has 0 spiro atoms. The van der Waals surface area contributed by atoms with Crippen LogP contribution in [0.2, 0.25) is 0 Å². The molecule has 0 aromatic heterocycles. The third-order valence-electron chi connectivity index (χ3n) is 3.85. The molecule has 3 nitrogen and oxygen atoms in total. The van der Waals surface area contributed by atoms with Crippen LogP contribution >= 0.6 is 11.8 Å². The van der Waals surface area contributed by atoms with E-state index in [1.54, 1.807) is 0 Å². The van der Waals surface area contributed by atoms with Crippen LogP contribution in [0.5, 0.6) is 5.75 Å². The van der Waals surface area contributed by atoms with Gasteiger partial charge in [-0.1, -0.05) is 19.4 Å². The standard InChI is InChI=1S/C16H26N2OS/c1-3-10-19-15-9-5-8-14(16(15)17)18-12-6-4-7-13(11-12)20-2/h5,8-9,12-13,18H,3-4,6-7,10-11,17H2,1-2H3. The van der Waals surface area contributed by atoms with Gasteiger partial charge in [0.25, 0.3) is 0 Å². The normalized spacial score (nSPS) is 22.5. The van der Waals surface area contributed by atoms with E-state index >= 15 is 0 Å². The second-order valence-electron chi connectivity index (χ2n) is 5.43. The Morgan fingerprint density at radius 3 is 3.00 bits per heavy atom. The van der Waals surface area contributed by atoms with E-state index in [1.165, 1.54) is 25.7 Å². The second-order valence-corrected chi connectivity index (χ2v) is 6.57. The summed E-state index contributed by atoms with van der Waals surface area (Å²) in [5, 5.41) is 4.39. The number of rotatable bonds is 6. The van der Waals surface area contributed by atoms with Crippen LogP contribution in [0.4, 0.5) is 11.4 Å². The number of thioether (sulfide) groups is 1. The molecule has 2 unspecified atom stereocenters. The van der Waals surface area contributed by atoms with Crippen LogP contribution in [-0.2, 0) is 0 Å².